The van der Waals surface area contributed by atoms with Crippen LogP contribution in [0.2, 0.25) is 0 Å². The minimum atomic E-state index is 0.544. The van der Waals surface area contributed by atoms with Crippen molar-refractivity contribution in [1.82, 2.24) is 19.7 Å². The van der Waals surface area contributed by atoms with Crippen LogP contribution in [0.1, 0.15) is 6.92 Å². The molecule has 0 bridgehead atoms. The van der Waals surface area contributed by atoms with Gasteiger partial charge in [-0.15, -0.1) is 0 Å². The Morgan fingerprint density at radius 3 is 3.05 bits per heavy atom. The van der Waals surface area contributed by atoms with Crippen LogP contribution in [0, 0.1) is 0 Å². The van der Waals surface area contributed by atoms with Crippen LogP contribution in [0.4, 0.5) is 5.82 Å². The normalized spacial score (nSPS) is 10.7. The lowest BCUT2D eigenvalue weighted by atomic mass is 10.3. The summed E-state index contributed by atoms with van der Waals surface area (Å²) in [5.41, 5.74) is 4.09. The van der Waals surface area contributed by atoms with E-state index in [2.05, 4.69) is 20.5 Å². The molecule has 7 heteroatoms. The fraction of sp³-hybridized carbons (Fsp3) is 0.154. The summed E-state index contributed by atoms with van der Waals surface area (Å²) >= 11 is 0. The van der Waals surface area contributed by atoms with Crippen LogP contribution in [0.3, 0.4) is 0 Å². The predicted octanol–water partition coefficient (Wildman–Crippen LogP) is 1.50. The average Bonchev–Trinajstić information content (AvgIpc) is 2.92. The third-order valence-electron chi connectivity index (χ3n) is 2.88. The van der Waals surface area contributed by atoms with E-state index in [0.29, 0.717) is 18.1 Å². The smallest absolute Gasteiger partial charge is 0.168 e. The predicted molar refractivity (Wildman–Crippen MR) is 75.6 cm³/mol. The monoisotopic (exact) mass is 270 g/mol. The Balaban J connectivity index is 2.12. The zero-order valence-corrected chi connectivity index (χ0v) is 10.9. The Morgan fingerprint density at radius 1 is 1.35 bits per heavy atom. The number of nitrogen functional groups attached to an aromatic ring is 1. The van der Waals surface area contributed by atoms with E-state index in [0.717, 1.165) is 16.8 Å². The number of hydrazine groups is 1. The van der Waals surface area contributed by atoms with Gasteiger partial charge in [-0.1, -0.05) is 6.07 Å². The van der Waals surface area contributed by atoms with Gasteiger partial charge < -0.3 is 10.2 Å². The molecule has 0 aliphatic carbocycles. The molecule has 102 valence electrons. The maximum atomic E-state index is 5.50. The summed E-state index contributed by atoms with van der Waals surface area (Å²) in [7, 11) is 0. The number of nitrogens with two attached hydrogens (primary N) is 1. The first-order valence-electron chi connectivity index (χ1n) is 6.22. The van der Waals surface area contributed by atoms with E-state index in [1.807, 2.05) is 31.2 Å². The number of aromatic nitrogens is 4. The molecule has 3 aromatic rings. The summed E-state index contributed by atoms with van der Waals surface area (Å²) in [6.45, 7) is 2.56. The topological polar surface area (TPSA) is 90.9 Å². The van der Waals surface area contributed by atoms with Gasteiger partial charge in [0.1, 0.15) is 12.1 Å². The van der Waals surface area contributed by atoms with Crippen molar-refractivity contribution in [1.29, 1.82) is 0 Å². The molecule has 0 atom stereocenters. The molecule has 20 heavy (non-hydrogen) atoms. The van der Waals surface area contributed by atoms with Gasteiger partial charge in [-0.05, 0) is 19.1 Å². The molecule has 0 saturated heterocycles. The average molecular weight is 270 g/mol. The maximum Gasteiger partial charge on any atom is 0.168 e. The molecule has 2 heterocycles. The number of nitrogens with one attached hydrogen (secondary N) is 1. The molecule has 2 aromatic heterocycles. The quantitative estimate of drug-likeness (QED) is 0.551. The van der Waals surface area contributed by atoms with Crippen LogP contribution in [0.25, 0.3) is 16.7 Å². The second kappa shape index (κ2) is 5.14. The molecule has 0 fully saturated rings. The summed E-state index contributed by atoms with van der Waals surface area (Å²) in [5.74, 6) is 6.77. The summed E-state index contributed by atoms with van der Waals surface area (Å²) in [5, 5.41) is 5.10. The number of rotatable bonds is 4. The number of hydrogen-bond acceptors (Lipinski definition) is 6. The van der Waals surface area contributed by atoms with E-state index in [4.69, 9.17) is 10.6 Å². The van der Waals surface area contributed by atoms with Crippen molar-refractivity contribution >= 4 is 16.9 Å². The Morgan fingerprint density at radius 2 is 2.25 bits per heavy atom. The number of anilines is 1. The number of fused-ring (bicyclic) bond motifs is 1. The summed E-state index contributed by atoms with van der Waals surface area (Å²) in [6, 6.07) is 7.66. The van der Waals surface area contributed by atoms with Gasteiger partial charge in [-0.25, -0.2) is 20.5 Å². The van der Waals surface area contributed by atoms with Crippen LogP contribution in [0.5, 0.6) is 5.75 Å². The number of hydrogen-bond donors (Lipinski definition) is 2. The van der Waals surface area contributed by atoms with E-state index >= 15 is 0 Å². The largest absolute Gasteiger partial charge is 0.494 e. The van der Waals surface area contributed by atoms with E-state index in [9.17, 15) is 0 Å². The third kappa shape index (κ3) is 2.04. The maximum absolute atomic E-state index is 5.50. The molecule has 0 spiro atoms. The highest BCUT2D eigenvalue weighted by Crippen LogP contribution is 2.23. The zero-order valence-electron chi connectivity index (χ0n) is 10.9. The van der Waals surface area contributed by atoms with Crippen LogP contribution >= 0.6 is 0 Å². The molecule has 0 aliphatic rings. The molecule has 7 nitrogen and oxygen atoms in total. The molecule has 0 radical (unpaired) electrons. The lowest BCUT2D eigenvalue weighted by molar-refractivity contribution is 0.340. The minimum absolute atomic E-state index is 0.544. The fourth-order valence-electron chi connectivity index (χ4n) is 2.02. The first kappa shape index (κ1) is 12.4. The lowest BCUT2D eigenvalue weighted by Gasteiger charge is -2.07. The number of ether oxygens (including phenoxy) is 1. The Hall–Kier alpha value is -2.67. The molecule has 3 rings (SSSR count). The van der Waals surface area contributed by atoms with Crippen molar-refractivity contribution in [3.63, 3.8) is 0 Å². The van der Waals surface area contributed by atoms with Crippen LogP contribution in [0.15, 0.2) is 36.8 Å². The Labute approximate surface area is 115 Å². The van der Waals surface area contributed by atoms with Crippen molar-refractivity contribution < 1.29 is 4.74 Å². The molecule has 0 aliphatic heterocycles. The summed E-state index contributed by atoms with van der Waals surface area (Å²) < 4.78 is 7.22. The van der Waals surface area contributed by atoms with Crippen LogP contribution in [-0.2, 0) is 0 Å². The van der Waals surface area contributed by atoms with Crippen LogP contribution < -0.4 is 16.0 Å². The first-order chi connectivity index (χ1) is 9.83. The van der Waals surface area contributed by atoms with Crippen LogP contribution in [-0.4, -0.2) is 26.4 Å². The van der Waals surface area contributed by atoms with Gasteiger partial charge in [0.05, 0.1) is 23.9 Å². The third-order valence-corrected chi connectivity index (χ3v) is 2.88. The molecule has 3 N–H and O–H groups in total. The first-order valence-corrected chi connectivity index (χ1v) is 6.22. The highest BCUT2D eigenvalue weighted by atomic mass is 16.5. The van der Waals surface area contributed by atoms with Crippen molar-refractivity contribution in [2.75, 3.05) is 12.0 Å². The van der Waals surface area contributed by atoms with E-state index < -0.39 is 0 Å². The summed E-state index contributed by atoms with van der Waals surface area (Å²) in [6.07, 6.45) is 3.12. The molecular formula is C13H14N6O. The van der Waals surface area contributed by atoms with E-state index in [1.54, 1.807) is 10.9 Å². The SMILES string of the molecule is CCOc1cccc(-n2ncc3c(NN)ncnc32)c1. The second-order valence-corrected chi connectivity index (χ2v) is 4.09. The van der Waals surface area contributed by atoms with Crippen molar-refractivity contribution in [3.8, 4) is 11.4 Å². The molecule has 0 saturated carbocycles. The second-order valence-electron chi connectivity index (χ2n) is 4.09. The van der Waals surface area contributed by atoms with Crippen molar-refractivity contribution in [2.45, 2.75) is 6.92 Å². The fourth-order valence-corrected chi connectivity index (χ4v) is 2.02. The van der Waals surface area contributed by atoms with E-state index in [-0.39, 0.29) is 0 Å². The standard InChI is InChI=1S/C13H14N6O/c1-2-20-10-5-3-4-9(6-10)19-13-11(7-17-19)12(18-14)15-8-16-13/h3-8H,2,14H2,1H3,(H,15,16,18). The van der Waals surface area contributed by atoms with Crippen molar-refractivity contribution in [2.24, 2.45) is 5.84 Å². The number of benzene rings is 1. The summed E-state index contributed by atoms with van der Waals surface area (Å²) in [4.78, 5) is 8.31. The van der Waals surface area contributed by atoms with Gasteiger partial charge in [0, 0.05) is 6.07 Å². The van der Waals surface area contributed by atoms with Gasteiger partial charge in [-0.2, -0.15) is 5.10 Å². The molecule has 0 amide bonds. The van der Waals surface area contributed by atoms with Crippen molar-refractivity contribution in [3.05, 3.63) is 36.8 Å². The molecule has 0 unspecified atom stereocenters. The zero-order chi connectivity index (χ0) is 13.9. The van der Waals surface area contributed by atoms with Gasteiger partial charge in [0.2, 0.25) is 0 Å². The van der Waals surface area contributed by atoms with Gasteiger partial charge in [0.15, 0.2) is 11.5 Å². The lowest BCUT2D eigenvalue weighted by Crippen LogP contribution is -2.09. The highest BCUT2D eigenvalue weighted by molar-refractivity contribution is 5.86. The minimum Gasteiger partial charge on any atom is -0.494 e. The Bertz CT molecular complexity index is 739. The number of nitrogens with zero attached hydrogens (tertiary/aromatic N) is 4. The van der Waals surface area contributed by atoms with Gasteiger partial charge in [-0.3, -0.25) is 0 Å². The molecule has 1 aromatic carbocycles. The highest BCUT2D eigenvalue weighted by Gasteiger charge is 2.10. The van der Waals surface area contributed by atoms with Gasteiger partial charge >= 0.3 is 0 Å². The molecular weight excluding hydrogens is 256 g/mol. The Kier molecular flexibility index (Phi) is 3.18. The van der Waals surface area contributed by atoms with E-state index in [1.165, 1.54) is 6.33 Å². The van der Waals surface area contributed by atoms with Gasteiger partial charge in [0.25, 0.3) is 0 Å².